The summed E-state index contributed by atoms with van der Waals surface area (Å²) in [6, 6.07) is 30.8. The van der Waals surface area contributed by atoms with Crippen molar-refractivity contribution >= 4 is 81.5 Å². The number of carboxylic acid groups (broad SMARTS) is 1. The van der Waals surface area contributed by atoms with Crippen LogP contribution in [-0.2, 0) is 23.9 Å². The number of piperazine rings is 2. The maximum absolute atomic E-state index is 13.0. The number of ether oxygens (including phenoxy) is 1. The van der Waals surface area contributed by atoms with Crippen LogP contribution in [0.25, 0.3) is 0 Å². The van der Waals surface area contributed by atoms with Gasteiger partial charge in [-0.3, -0.25) is 19.2 Å². The number of amides is 2. The van der Waals surface area contributed by atoms with Gasteiger partial charge in [-0.1, -0.05) is 98.4 Å². The van der Waals surface area contributed by atoms with Crippen LogP contribution >= 0.6 is 46.4 Å². The van der Waals surface area contributed by atoms with E-state index in [0.717, 1.165) is 35.3 Å². The molecule has 4 aromatic rings. The van der Waals surface area contributed by atoms with Gasteiger partial charge in [0.25, 0.3) is 0 Å². The van der Waals surface area contributed by atoms with Crippen LogP contribution in [0, 0.1) is 11.8 Å². The van der Waals surface area contributed by atoms with E-state index in [2.05, 4.69) is 37.5 Å². The van der Waals surface area contributed by atoms with Crippen LogP contribution in [0.1, 0.15) is 83.5 Å². The Hall–Kier alpha value is -3.96. The fourth-order valence-electron chi connectivity index (χ4n) is 8.41. The monoisotopic (exact) mass is 966 g/mol. The van der Waals surface area contributed by atoms with Crippen LogP contribution in [0.2, 0.25) is 20.1 Å². The molecule has 12 nitrogen and oxygen atoms in total. The minimum Gasteiger partial charge on any atom is -0.870 e. The number of hydrogen-bond acceptors (Lipinski definition) is 8. The summed E-state index contributed by atoms with van der Waals surface area (Å²) in [7, 11) is 0. The first-order valence-corrected chi connectivity index (χ1v) is 22.6. The Morgan fingerprint density at radius 3 is 1.22 bits per heavy atom. The van der Waals surface area contributed by atoms with Gasteiger partial charge in [-0.05, 0) is 116 Å². The normalized spacial score (nSPS) is 18.1. The summed E-state index contributed by atoms with van der Waals surface area (Å²) >= 11 is 24.5. The minimum atomic E-state index is -1.11. The van der Waals surface area contributed by atoms with Crippen LogP contribution in [0.15, 0.2) is 97.1 Å². The molecule has 2 aliphatic rings. The van der Waals surface area contributed by atoms with Gasteiger partial charge >= 0.3 is 30.8 Å². The second-order valence-corrected chi connectivity index (χ2v) is 18.4. The standard InChI is InChI=1S/C25H30Cl2N2O3.C23H26Cl2N2O3.Li.2H2O/c1-4-32-25(31)14-24(30)28-15-22(13-17(2)3)29(21-11-9-20(27)10-12-21)23(16-28)18-5-7-19(26)8-6-18;1-15(2)11-20-13-26(22(28)12-23(29)30)14-21(16-3-5-17(24)6-4-16)27(20)19-9-7-18(25)8-10-19;;;/h5-12,17,22-23H,4,13-16H2,1-3H3;3-10,15,20-21H,11-14H2,1-2H3,(H,29,30);;2*1H2/q;;+1;;/p-1/t22-,23-;20-,21-;;;/m00.../s1. The van der Waals surface area contributed by atoms with Crippen LogP contribution in [0.3, 0.4) is 0 Å². The molecular weight excluding hydrogens is 909 g/mol. The van der Waals surface area contributed by atoms with E-state index >= 15 is 0 Å². The molecule has 6 rings (SSSR count). The van der Waals surface area contributed by atoms with Crippen molar-refractivity contribution in [2.75, 3.05) is 42.6 Å². The largest absolute Gasteiger partial charge is 1.00 e. The van der Waals surface area contributed by atoms with Crippen molar-refractivity contribution in [1.29, 1.82) is 0 Å². The molecular formula is C48H59Cl4LiN4O8. The van der Waals surface area contributed by atoms with Gasteiger partial charge in [0.15, 0.2) is 0 Å². The molecule has 17 heteroatoms. The van der Waals surface area contributed by atoms with E-state index in [1.54, 1.807) is 16.7 Å². The average molecular weight is 969 g/mol. The minimum absolute atomic E-state index is 0. The van der Waals surface area contributed by atoms with Gasteiger partial charge in [0.2, 0.25) is 11.8 Å². The van der Waals surface area contributed by atoms with Gasteiger partial charge in [0.1, 0.15) is 12.8 Å². The molecule has 4 aromatic carbocycles. The van der Waals surface area contributed by atoms with Gasteiger partial charge in [-0.25, -0.2) is 0 Å². The van der Waals surface area contributed by atoms with Crippen molar-refractivity contribution in [3.63, 3.8) is 0 Å². The van der Waals surface area contributed by atoms with Crippen molar-refractivity contribution < 1.29 is 58.8 Å². The molecule has 2 amide bonds. The SMILES string of the molecule is CC(C)C[C@H]1CN(C(=O)CC(=O)O)C[C@@H](c2ccc(Cl)cc2)N1c1ccc(Cl)cc1.CCOC(=O)CC(=O)N1C[C@H](CC(C)C)N(c2ccc(Cl)cc2)[C@H](c2ccc(Cl)cc2)C1.O.[Li+].[OH-]. The van der Waals surface area contributed by atoms with Crippen LogP contribution in [0.4, 0.5) is 11.4 Å². The summed E-state index contributed by atoms with van der Waals surface area (Å²) in [5.74, 6) is -1.31. The number of anilines is 2. The Kier molecular flexibility index (Phi) is 23.7. The van der Waals surface area contributed by atoms with Crippen molar-refractivity contribution in [2.45, 2.75) is 84.5 Å². The third kappa shape index (κ3) is 16.4. The Morgan fingerprint density at radius 1 is 0.585 bits per heavy atom. The average Bonchev–Trinajstić information content (AvgIpc) is 3.21. The predicted octanol–water partition coefficient (Wildman–Crippen LogP) is 7.03. The molecule has 0 saturated carbocycles. The Labute approximate surface area is 414 Å². The fourth-order valence-corrected chi connectivity index (χ4v) is 8.91. The zero-order valence-electron chi connectivity index (χ0n) is 37.8. The summed E-state index contributed by atoms with van der Waals surface area (Å²) in [6.07, 6.45) is 1.03. The fraction of sp³-hybridized carbons (Fsp3) is 0.417. The summed E-state index contributed by atoms with van der Waals surface area (Å²) in [4.78, 5) is 56.9. The van der Waals surface area contributed by atoms with E-state index in [1.807, 2.05) is 97.1 Å². The van der Waals surface area contributed by atoms with Crippen molar-refractivity contribution in [3.05, 3.63) is 128 Å². The zero-order chi connectivity index (χ0) is 45.1. The number of aliphatic carboxylic acids is 1. The van der Waals surface area contributed by atoms with Crippen LogP contribution in [-0.4, -0.2) is 94.5 Å². The van der Waals surface area contributed by atoms with E-state index in [-0.39, 0.29) is 78.8 Å². The summed E-state index contributed by atoms with van der Waals surface area (Å²) in [5.41, 5.74) is 4.16. The molecule has 2 fully saturated rings. The number of rotatable bonds is 13. The molecule has 2 aliphatic heterocycles. The first-order valence-electron chi connectivity index (χ1n) is 21.0. The Bertz CT molecular complexity index is 2120. The molecule has 65 heavy (non-hydrogen) atoms. The van der Waals surface area contributed by atoms with E-state index < -0.39 is 18.4 Å². The third-order valence-corrected chi connectivity index (χ3v) is 12.0. The molecule has 0 unspecified atom stereocenters. The molecule has 0 radical (unpaired) electrons. The molecule has 4 atom stereocenters. The molecule has 0 aliphatic carbocycles. The van der Waals surface area contributed by atoms with Crippen LogP contribution < -0.4 is 28.7 Å². The zero-order valence-corrected chi connectivity index (χ0v) is 40.8. The Balaban J connectivity index is 0.000000428. The van der Waals surface area contributed by atoms with Gasteiger partial charge in [-0.15, -0.1) is 0 Å². The number of hydrogen-bond donors (Lipinski definition) is 1. The summed E-state index contributed by atoms with van der Waals surface area (Å²) < 4.78 is 5.00. The summed E-state index contributed by atoms with van der Waals surface area (Å²) in [6.45, 7) is 12.6. The van der Waals surface area contributed by atoms with E-state index in [4.69, 9.17) is 56.2 Å². The number of esters is 1. The number of halogens is 4. The predicted molar refractivity (Wildman–Crippen MR) is 255 cm³/mol. The number of carboxylic acids is 1. The van der Waals surface area contributed by atoms with Gasteiger partial charge in [0, 0.05) is 69.7 Å². The number of carbonyl (C=O) groups is 4. The second-order valence-electron chi connectivity index (χ2n) is 16.6. The molecule has 2 saturated heterocycles. The number of benzene rings is 4. The molecule has 2 heterocycles. The van der Waals surface area contributed by atoms with Crippen molar-refractivity contribution in [2.24, 2.45) is 11.8 Å². The molecule has 4 N–H and O–H groups in total. The molecule has 348 valence electrons. The summed E-state index contributed by atoms with van der Waals surface area (Å²) in [5, 5.41) is 11.8. The quantitative estimate of drug-likeness (QED) is 0.0840. The maximum atomic E-state index is 13.0. The number of carbonyl (C=O) groups excluding carboxylic acids is 3. The maximum Gasteiger partial charge on any atom is 1.00 e. The molecule has 0 aromatic heterocycles. The van der Waals surface area contributed by atoms with Gasteiger partial charge in [0.05, 0.1) is 18.7 Å². The topological polar surface area (TPSA) is 172 Å². The number of nitrogens with zero attached hydrogens (tertiary/aromatic N) is 4. The van der Waals surface area contributed by atoms with E-state index in [9.17, 15) is 19.2 Å². The van der Waals surface area contributed by atoms with E-state index in [1.165, 1.54) is 0 Å². The van der Waals surface area contributed by atoms with Crippen molar-refractivity contribution in [3.8, 4) is 0 Å². The van der Waals surface area contributed by atoms with Crippen LogP contribution in [0.5, 0.6) is 0 Å². The first kappa shape index (κ1) is 57.2. The third-order valence-electron chi connectivity index (χ3n) is 11.0. The smallest absolute Gasteiger partial charge is 0.870 e. The molecule has 0 bridgehead atoms. The second kappa shape index (κ2) is 27.0. The Morgan fingerprint density at radius 2 is 0.908 bits per heavy atom. The van der Waals surface area contributed by atoms with Crippen molar-refractivity contribution in [1.82, 2.24) is 9.80 Å². The van der Waals surface area contributed by atoms with Gasteiger partial charge in [-0.2, -0.15) is 0 Å². The van der Waals surface area contributed by atoms with Gasteiger partial charge < -0.3 is 40.4 Å². The molecule has 0 spiro atoms. The van der Waals surface area contributed by atoms with E-state index in [0.29, 0.717) is 58.1 Å². The first-order chi connectivity index (χ1) is 29.5.